The van der Waals surface area contributed by atoms with E-state index in [1.807, 2.05) is 0 Å². The first-order valence-corrected chi connectivity index (χ1v) is 44.2. The number of nitrogens with zero attached hydrogens (tertiary/aromatic N) is 5. The molecule has 0 saturated heterocycles. The number of benzene rings is 17. The average Bonchev–Trinajstić information content (AvgIpc) is 0.922. The van der Waals surface area contributed by atoms with Crippen molar-refractivity contribution in [2.45, 2.75) is 104 Å². The lowest BCUT2D eigenvalue weighted by atomic mass is 9.33. The molecule has 17 aromatic carbocycles. The minimum absolute atomic E-state index is 0.0491. The molecule has 0 spiro atoms. The Hall–Kier alpha value is -14.2. The Morgan fingerprint density at radius 1 is 0.226 bits per heavy atom. The molecule has 0 amide bonds. The molecule has 3 aliphatic rings. The van der Waals surface area contributed by atoms with Gasteiger partial charge in [0, 0.05) is 77.8 Å². The number of aromatic nitrogens is 3. The van der Waals surface area contributed by atoms with Crippen molar-refractivity contribution in [2.75, 3.05) is 9.80 Å². The molecular weight excluding hydrogens is 1500 g/mol. The second kappa shape index (κ2) is 28.2. The van der Waals surface area contributed by atoms with E-state index in [9.17, 15) is 0 Å². The minimum Gasteiger partial charge on any atom is -0.311 e. The highest BCUT2D eigenvalue weighted by atomic mass is 15.2. The molecule has 0 fully saturated rings. The van der Waals surface area contributed by atoms with Gasteiger partial charge in [-0.05, 0) is 261 Å². The van der Waals surface area contributed by atoms with Gasteiger partial charge in [-0.3, -0.25) is 0 Å². The van der Waals surface area contributed by atoms with Gasteiger partial charge < -0.3 is 23.5 Å². The molecule has 3 aromatic heterocycles. The summed E-state index contributed by atoms with van der Waals surface area (Å²) in [5.41, 5.74) is 40.3. The fourth-order valence-corrected chi connectivity index (χ4v) is 21.0. The van der Waals surface area contributed by atoms with Crippen molar-refractivity contribution in [1.29, 1.82) is 0 Å². The zero-order valence-corrected chi connectivity index (χ0v) is 72.0. The maximum absolute atomic E-state index is 2.64. The molecule has 124 heavy (non-hydrogen) atoms. The normalized spacial score (nSPS) is 14.1. The summed E-state index contributed by atoms with van der Waals surface area (Å²) in [6, 6.07) is 144. The van der Waals surface area contributed by atoms with E-state index in [1.54, 1.807) is 0 Å². The fraction of sp³-hybridized carbons (Fsp3) is 0.136. The summed E-state index contributed by atoms with van der Waals surface area (Å²) in [6.45, 7) is 23.5. The van der Waals surface area contributed by atoms with Crippen LogP contribution in [0.2, 0.25) is 0 Å². The van der Waals surface area contributed by atoms with Gasteiger partial charge in [0.2, 0.25) is 0 Å². The topological polar surface area (TPSA) is 21.3 Å². The third kappa shape index (κ3) is 12.2. The third-order valence-corrected chi connectivity index (χ3v) is 27.8. The number of para-hydroxylation sites is 2. The highest BCUT2D eigenvalue weighted by Crippen LogP contribution is 2.52. The minimum atomic E-state index is -0.254. The summed E-state index contributed by atoms with van der Waals surface area (Å²) >= 11 is 0. The summed E-state index contributed by atoms with van der Waals surface area (Å²) in [5, 5.41) is 7.23. The largest absolute Gasteiger partial charge is 0.311 e. The number of hydrogen-bond donors (Lipinski definition) is 0. The van der Waals surface area contributed by atoms with Gasteiger partial charge in [0.25, 0.3) is 6.71 Å². The van der Waals surface area contributed by atoms with Crippen LogP contribution in [0.1, 0.15) is 104 Å². The molecule has 0 atom stereocenters. The van der Waals surface area contributed by atoms with Crippen molar-refractivity contribution >= 4 is 123 Å². The Balaban J connectivity index is 0.812. The first-order valence-electron chi connectivity index (χ1n) is 44.2. The van der Waals surface area contributed by atoms with Crippen molar-refractivity contribution < 1.29 is 0 Å². The van der Waals surface area contributed by atoms with Gasteiger partial charge in [0.15, 0.2) is 0 Å². The van der Waals surface area contributed by atoms with Crippen molar-refractivity contribution in [3.63, 3.8) is 0 Å². The number of rotatable bonds is 11. The Kier molecular flexibility index (Phi) is 17.0. The number of fused-ring (bicyclic) bond motifs is 14. The lowest BCUT2D eigenvalue weighted by Crippen LogP contribution is -2.61. The van der Waals surface area contributed by atoms with E-state index in [1.165, 1.54) is 144 Å². The van der Waals surface area contributed by atoms with Gasteiger partial charge in [-0.15, -0.1) is 0 Å². The van der Waals surface area contributed by atoms with Crippen molar-refractivity contribution in [1.82, 2.24) is 13.7 Å². The zero-order chi connectivity index (χ0) is 83.8. The van der Waals surface area contributed by atoms with Gasteiger partial charge in [0.05, 0.1) is 38.8 Å². The first kappa shape index (κ1) is 74.8. The van der Waals surface area contributed by atoms with E-state index in [2.05, 4.69) is 469 Å². The maximum Gasteiger partial charge on any atom is 0.252 e. The van der Waals surface area contributed by atoms with Crippen LogP contribution in [0.3, 0.4) is 0 Å². The molecule has 0 bridgehead atoms. The predicted octanol–water partition coefficient (Wildman–Crippen LogP) is 30.0. The van der Waals surface area contributed by atoms with E-state index >= 15 is 0 Å². The Bertz CT molecular complexity index is 7440. The van der Waals surface area contributed by atoms with Crippen LogP contribution in [0.5, 0.6) is 0 Å². The molecule has 2 aliphatic heterocycles. The van der Waals surface area contributed by atoms with Gasteiger partial charge in [-0.2, -0.15) is 0 Å². The molecule has 0 radical (unpaired) electrons. The summed E-state index contributed by atoms with van der Waals surface area (Å²) in [5.74, 6) is 0. The summed E-state index contributed by atoms with van der Waals surface area (Å²) in [6.07, 6.45) is 2.32. The quantitative estimate of drug-likeness (QED) is 0.120. The van der Waals surface area contributed by atoms with Crippen LogP contribution in [0.4, 0.5) is 34.1 Å². The van der Waals surface area contributed by atoms with Crippen LogP contribution >= 0.6 is 0 Å². The highest BCUT2D eigenvalue weighted by Gasteiger charge is 2.45. The molecule has 0 saturated carbocycles. The number of hydrogen-bond acceptors (Lipinski definition) is 2. The van der Waals surface area contributed by atoms with Crippen molar-refractivity contribution in [3.8, 4) is 83.8 Å². The second-order valence-electron chi connectivity index (χ2n) is 38.3. The lowest BCUT2D eigenvalue weighted by Gasteiger charge is -2.44. The molecule has 20 aromatic rings. The van der Waals surface area contributed by atoms with E-state index in [-0.39, 0.29) is 28.4 Å². The molecule has 0 N–H and O–H groups in total. The molecule has 23 rings (SSSR count). The van der Waals surface area contributed by atoms with E-state index < -0.39 is 0 Å². The zero-order valence-electron chi connectivity index (χ0n) is 72.0. The van der Waals surface area contributed by atoms with Gasteiger partial charge >= 0.3 is 0 Å². The molecule has 6 heteroatoms. The van der Waals surface area contributed by atoms with E-state index in [0.29, 0.717) is 0 Å². The van der Waals surface area contributed by atoms with Crippen LogP contribution in [0, 0.1) is 0 Å². The molecular formula is C118H96BN5. The molecule has 5 nitrogen and oxygen atoms in total. The van der Waals surface area contributed by atoms with Crippen LogP contribution in [-0.2, 0) is 21.7 Å². The summed E-state index contributed by atoms with van der Waals surface area (Å²) in [7, 11) is 0. The van der Waals surface area contributed by atoms with Crippen LogP contribution in [0.25, 0.3) is 149 Å². The van der Waals surface area contributed by atoms with Crippen molar-refractivity contribution in [3.05, 3.63) is 398 Å². The lowest BCUT2D eigenvalue weighted by molar-refractivity contribution is 0.332. The Morgan fingerprint density at radius 3 is 0.911 bits per heavy atom. The van der Waals surface area contributed by atoms with Crippen LogP contribution in [0.15, 0.2) is 376 Å². The second-order valence-corrected chi connectivity index (χ2v) is 38.3. The highest BCUT2D eigenvalue weighted by molar-refractivity contribution is 7.00. The van der Waals surface area contributed by atoms with E-state index in [4.69, 9.17) is 0 Å². The maximum atomic E-state index is 2.64. The molecule has 0 unspecified atom stereocenters. The predicted molar refractivity (Wildman–Crippen MR) is 529 cm³/mol. The standard InChI is InChI=1S/C118H96BN5/c1-115(2,3)87-63-86(64-88(70-87)116(4,5)6)80-41-50-90(51-42-80)121-111-72-92(123-108-59-46-83(77-31-19-13-20-32-77)67-98(108)99-68-84(47-60-109(99)123)78-33-21-14-22-34-78)53-56-103(111)119-102-55-52-91(122-106-57-44-81(75-27-15-11-16-28-75)65-96(106)97-66-82(45-58-107(97)122)76-29-17-12-18-30-76)71-110(102)120(89-48-39-79(40-49-89)85-43-54-100-101(69-85)118(9,10)62-61-117(100,7)8)112-73-93(74-113(121)114(112)119)124-104-37-25-23-35-94(104)95-36-24-26-38-105(95)124/h11-60,63-74H,61-62H2,1-10H3. The van der Waals surface area contributed by atoms with Crippen molar-refractivity contribution in [2.24, 2.45) is 0 Å². The van der Waals surface area contributed by atoms with Crippen LogP contribution in [-0.4, -0.2) is 20.4 Å². The van der Waals surface area contributed by atoms with Gasteiger partial charge in [-0.25, -0.2) is 0 Å². The monoisotopic (exact) mass is 1590 g/mol. The Morgan fingerprint density at radius 2 is 0.524 bits per heavy atom. The molecule has 596 valence electrons. The van der Waals surface area contributed by atoms with E-state index in [0.717, 1.165) is 90.7 Å². The first-order chi connectivity index (χ1) is 60.2. The van der Waals surface area contributed by atoms with Gasteiger partial charge in [0.1, 0.15) is 0 Å². The summed E-state index contributed by atoms with van der Waals surface area (Å²) in [4.78, 5) is 5.28. The summed E-state index contributed by atoms with van der Waals surface area (Å²) < 4.78 is 7.62. The Labute approximate surface area is 727 Å². The fourth-order valence-electron chi connectivity index (χ4n) is 21.0. The van der Waals surface area contributed by atoms with Crippen LogP contribution < -0.4 is 26.2 Å². The van der Waals surface area contributed by atoms with Gasteiger partial charge in [-0.1, -0.05) is 324 Å². The third-order valence-electron chi connectivity index (χ3n) is 27.8. The molecule has 5 heterocycles. The average molecular weight is 1590 g/mol. The molecule has 1 aliphatic carbocycles. The SMILES string of the molecule is CC(C)(C)c1cc(-c2ccc(N3c4cc(-n5c6ccc(-c7ccccc7)cc6c6cc(-c7ccccc7)ccc65)ccc4B4c5ccc(-n6c7ccc(-c8ccccc8)cc7c7cc(-c8ccccc8)ccc76)cc5N(c5ccc(-c6ccc7c(c6)C(C)(C)CCC7(C)C)cc5)c5cc(-n6c7ccccc7c7ccccc76)cc3c54)cc2)cc(C(C)(C)C)c1. The smallest absolute Gasteiger partial charge is 0.252 e. The number of anilines is 6.